The van der Waals surface area contributed by atoms with Crippen LogP contribution >= 0.6 is 0 Å². The molecule has 0 unspecified atom stereocenters. The van der Waals surface area contributed by atoms with E-state index in [2.05, 4.69) is 58.1 Å². The Balaban J connectivity index is 2.39. The lowest BCUT2D eigenvalue weighted by Crippen LogP contribution is -2.10. The first kappa shape index (κ1) is 20.5. The van der Waals surface area contributed by atoms with Crippen molar-refractivity contribution in [1.29, 1.82) is 0 Å². The molecule has 2 atom stereocenters. The van der Waals surface area contributed by atoms with Gasteiger partial charge in [-0.05, 0) is 63.2 Å². The molecule has 0 aromatic carbocycles. The summed E-state index contributed by atoms with van der Waals surface area (Å²) in [6, 6.07) is 0. The zero-order valence-corrected chi connectivity index (χ0v) is 15.8. The summed E-state index contributed by atoms with van der Waals surface area (Å²) in [5, 5.41) is 9.10. The van der Waals surface area contributed by atoms with Gasteiger partial charge >= 0.3 is 5.97 Å². The van der Waals surface area contributed by atoms with Gasteiger partial charge in [0.1, 0.15) is 0 Å². The molecular formula is C22H34O2. The van der Waals surface area contributed by atoms with E-state index < -0.39 is 5.97 Å². The first-order valence-electron chi connectivity index (χ1n) is 9.33. The normalized spacial score (nSPS) is 20.8. The molecule has 0 spiro atoms. The fourth-order valence-electron chi connectivity index (χ4n) is 2.93. The van der Waals surface area contributed by atoms with Crippen molar-refractivity contribution in [1.82, 2.24) is 0 Å². The fourth-order valence-corrected chi connectivity index (χ4v) is 2.93. The monoisotopic (exact) mass is 330 g/mol. The predicted molar refractivity (Wildman–Crippen MR) is 103 cm³/mol. The summed E-state index contributed by atoms with van der Waals surface area (Å²) >= 11 is 0. The number of carbonyl (C=O) groups is 1. The maximum absolute atomic E-state index is 11.1. The number of hydrogen-bond donors (Lipinski definition) is 1. The van der Waals surface area contributed by atoms with Crippen LogP contribution in [0.1, 0.15) is 66.2 Å². The molecule has 1 aliphatic carbocycles. The topological polar surface area (TPSA) is 37.3 Å². The van der Waals surface area contributed by atoms with Gasteiger partial charge in [0.15, 0.2) is 0 Å². The van der Waals surface area contributed by atoms with E-state index in [1.54, 1.807) is 0 Å². The zero-order chi connectivity index (χ0) is 17.9. The molecule has 0 saturated carbocycles. The van der Waals surface area contributed by atoms with Crippen molar-refractivity contribution >= 4 is 5.97 Å². The number of allylic oxidation sites excluding steroid dienone is 7. The van der Waals surface area contributed by atoms with E-state index in [0.717, 1.165) is 44.4 Å². The second-order valence-electron chi connectivity index (χ2n) is 7.50. The quantitative estimate of drug-likeness (QED) is 0.397. The molecule has 0 saturated heterocycles. The average Bonchev–Trinajstić information content (AvgIpc) is 2.53. The van der Waals surface area contributed by atoms with Crippen molar-refractivity contribution in [2.24, 2.45) is 17.8 Å². The maximum atomic E-state index is 11.1. The minimum atomic E-state index is -0.741. The smallest absolute Gasteiger partial charge is 0.331 e. The second-order valence-corrected chi connectivity index (χ2v) is 7.50. The molecule has 24 heavy (non-hydrogen) atoms. The van der Waals surface area contributed by atoms with Crippen molar-refractivity contribution in [3.05, 3.63) is 47.6 Å². The summed E-state index contributed by atoms with van der Waals surface area (Å²) in [5.74, 6) is 0.867. The molecule has 0 radical (unpaired) electrons. The van der Waals surface area contributed by atoms with E-state index in [0.29, 0.717) is 17.4 Å². The minimum absolute atomic E-state index is 0.426. The molecule has 0 aliphatic heterocycles. The molecule has 0 bridgehead atoms. The number of carboxylic acids is 1. The van der Waals surface area contributed by atoms with E-state index >= 15 is 0 Å². The van der Waals surface area contributed by atoms with Crippen molar-refractivity contribution in [3.8, 4) is 0 Å². The fraction of sp³-hybridized carbons (Fsp3) is 0.591. The Hall–Kier alpha value is -1.57. The Morgan fingerprint density at radius 2 is 2.08 bits per heavy atom. The SMILES string of the molecule is C/C(=C\C=C\[C@@H](C)/C=C\CC(C)C)CC[C@H]1C=C(C(=O)O)CCC1. The van der Waals surface area contributed by atoms with Gasteiger partial charge in [-0.1, -0.05) is 62.8 Å². The summed E-state index contributed by atoms with van der Waals surface area (Å²) in [4.78, 5) is 11.1. The molecule has 0 heterocycles. The molecule has 0 aromatic rings. The predicted octanol–water partition coefficient (Wildman–Crippen LogP) is 6.32. The highest BCUT2D eigenvalue weighted by molar-refractivity contribution is 5.86. The van der Waals surface area contributed by atoms with Crippen LogP contribution in [0.15, 0.2) is 47.6 Å². The first-order valence-corrected chi connectivity index (χ1v) is 9.33. The number of aliphatic carboxylic acids is 1. The number of hydrogen-bond acceptors (Lipinski definition) is 1. The van der Waals surface area contributed by atoms with Crippen molar-refractivity contribution in [3.63, 3.8) is 0 Å². The molecule has 2 heteroatoms. The van der Waals surface area contributed by atoms with Gasteiger partial charge in [-0.25, -0.2) is 4.79 Å². The lowest BCUT2D eigenvalue weighted by atomic mass is 9.86. The summed E-state index contributed by atoms with van der Waals surface area (Å²) in [6.07, 6.45) is 19.2. The van der Waals surface area contributed by atoms with Gasteiger partial charge < -0.3 is 5.11 Å². The molecule has 0 fully saturated rings. The van der Waals surface area contributed by atoms with Crippen molar-refractivity contribution in [2.45, 2.75) is 66.2 Å². The van der Waals surface area contributed by atoms with Crippen LogP contribution in [-0.4, -0.2) is 11.1 Å². The molecule has 1 aliphatic rings. The Morgan fingerprint density at radius 1 is 1.33 bits per heavy atom. The van der Waals surface area contributed by atoms with Crippen LogP contribution in [0, 0.1) is 17.8 Å². The Kier molecular flexibility index (Phi) is 9.44. The standard InChI is InChI=1S/C22H34O2/c1-17(2)8-5-9-18(3)10-6-11-19(4)14-15-20-12-7-13-21(16-20)22(23)24/h5-6,9-11,16-18,20H,7-8,12-15H2,1-4H3,(H,23,24)/b9-5-,10-6+,19-11+/t18-,20-/m0/s1. The zero-order valence-electron chi connectivity index (χ0n) is 15.8. The van der Waals surface area contributed by atoms with Crippen LogP contribution in [0.4, 0.5) is 0 Å². The molecule has 2 nitrogen and oxygen atoms in total. The molecule has 1 rings (SSSR count). The highest BCUT2D eigenvalue weighted by atomic mass is 16.4. The first-order chi connectivity index (χ1) is 11.4. The van der Waals surface area contributed by atoms with Gasteiger partial charge in [0.25, 0.3) is 0 Å². The van der Waals surface area contributed by atoms with Gasteiger partial charge in [-0.3, -0.25) is 0 Å². The number of rotatable bonds is 9. The van der Waals surface area contributed by atoms with E-state index in [1.807, 2.05) is 6.08 Å². The third-order valence-electron chi connectivity index (χ3n) is 4.48. The third kappa shape index (κ3) is 8.90. The van der Waals surface area contributed by atoms with Crippen molar-refractivity contribution in [2.75, 3.05) is 0 Å². The number of carboxylic acid groups (broad SMARTS) is 1. The molecule has 0 amide bonds. The van der Waals surface area contributed by atoms with Gasteiger partial charge in [-0.15, -0.1) is 0 Å². The van der Waals surface area contributed by atoms with Gasteiger partial charge in [-0.2, -0.15) is 0 Å². The average molecular weight is 331 g/mol. The third-order valence-corrected chi connectivity index (χ3v) is 4.48. The summed E-state index contributed by atoms with van der Waals surface area (Å²) in [5.41, 5.74) is 1.97. The second kappa shape index (κ2) is 11.1. The van der Waals surface area contributed by atoms with E-state index in [4.69, 9.17) is 5.11 Å². The maximum Gasteiger partial charge on any atom is 0.331 e. The Bertz CT molecular complexity index is 506. The van der Waals surface area contributed by atoms with Gasteiger partial charge in [0.2, 0.25) is 0 Å². The Morgan fingerprint density at radius 3 is 2.75 bits per heavy atom. The molecule has 0 aromatic heterocycles. The van der Waals surface area contributed by atoms with Crippen LogP contribution in [0.25, 0.3) is 0 Å². The van der Waals surface area contributed by atoms with E-state index in [-0.39, 0.29) is 0 Å². The largest absolute Gasteiger partial charge is 0.478 e. The van der Waals surface area contributed by atoms with Crippen molar-refractivity contribution < 1.29 is 9.90 Å². The summed E-state index contributed by atoms with van der Waals surface area (Å²) < 4.78 is 0. The summed E-state index contributed by atoms with van der Waals surface area (Å²) in [7, 11) is 0. The minimum Gasteiger partial charge on any atom is -0.478 e. The Labute approximate surface area is 148 Å². The van der Waals surface area contributed by atoms with Crippen LogP contribution < -0.4 is 0 Å². The molecule has 134 valence electrons. The van der Waals surface area contributed by atoms with Crippen LogP contribution in [0.3, 0.4) is 0 Å². The van der Waals surface area contributed by atoms with Crippen LogP contribution in [0.2, 0.25) is 0 Å². The lowest BCUT2D eigenvalue weighted by molar-refractivity contribution is -0.132. The lowest BCUT2D eigenvalue weighted by Gasteiger charge is -2.19. The van der Waals surface area contributed by atoms with Gasteiger partial charge in [0.05, 0.1) is 0 Å². The highest BCUT2D eigenvalue weighted by Crippen LogP contribution is 2.27. The summed E-state index contributed by atoms with van der Waals surface area (Å²) in [6.45, 7) is 8.83. The van der Waals surface area contributed by atoms with Crippen LogP contribution in [-0.2, 0) is 4.79 Å². The van der Waals surface area contributed by atoms with Crippen LogP contribution in [0.5, 0.6) is 0 Å². The molecule has 1 N–H and O–H groups in total. The van der Waals surface area contributed by atoms with Gasteiger partial charge in [0, 0.05) is 5.57 Å². The molecular weight excluding hydrogens is 296 g/mol. The highest BCUT2D eigenvalue weighted by Gasteiger charge is 2.17. The van der Waals surface area contributed by atoms with E-state index in [9.17, 15) is 4.79 Å². The van der Waals surface area contributed by atoms with E-state index in [1.165, 1.54) is 5.57 Å².